The Kier molecular flexibility index (Phi) is 4.49. The van der Waals surface area contributed by atoms with Crippen molar-refractivity contribution in [3.05, 3.63) is 27.6 Å². The van der Waals surface area contributed by atoms with Crippen LogP contribution in [0.3, 0.4) is 0 Å². The third-order valence-electron chi connectivity index (χ3n) is 3.98. The highest BCUT2D eigenvalue weighted by Gasteiger charge is 2.50. The van der Waals surface area contributed by atoms with Crippen LogP contribution in [-0.2, 0) is 14.8 Å². The van der Waals surface area contributed by atoms with E-state index in [2.05, 4.69) is 9.71 Å². The van der Waals surface area contributed by atoms with E-state index in [-0.39, 0.29) is 27.5 Å². The van der Waals surface area contributed by atoms with E-state index in [1.165, 1.54) is 0 Å². The molecule has 21 heavy (non-hydrogen) atoms. The zero-order valence-corrected chi connectivity index (χ0v) is 13.7. The highest BCUT2D eigenvalue weighted by Crippen LogP contribution is 2.43. The van der Waals surface area contributed by atoms with Crippen molar-refractivity contribution in [1.82, 2.24) is 9.71 Å². The number of halogens is 1. The molecule has 2 rings (SSSR count). The minimum absolute atomic E-state index is 0.0365. The van der Waals surface area contributed by atoms with Crippen LogP contribution in [0.25, 0.3) is 0 Å². The molecule has 0 saturated heterocycles. The van der Waals surface area contributed by atoms with Gasteiger partial charge in [-0.2, -0.15) is 0 Å². The maximum atomic E-state index is 12.3. The summed E-state index contributed by atoms with van der Waals surface area (Å²) in [4.78, 5) is 13.4. The zero-order chi connectivity index (χ0) is 15.8. The highest BCUT2D eigenvalue weighted by atomic mass is 35.5. The predicted molar refractivity (Wildman–Crippen MR) is 80.0 cm³/mol. The van der Waals surface area contributed by atoms with Crippen LogP contribution < -0.4 is 10.3 Å². The molecule has 1 aliphatic carbocycles. The van der Waals surface area contributed by atoms with Gasteiger partial charge in [0.15, 0.2) is 0 Å². The van der Waals surface area contributed by atoms with Crippen molar-refractivity contribution >= 4 is 21.6 Å². The number of rotatable bonds is 5. The van der Waals surface area contributed by atoms with Gasteiger partial charge in [-0.15, -0.1) is 0 Å². The average Bonchev–Trinajstić information content (AvgIpc) is 2.40. The smallest absolute Gasteiger partial charge is 0.266 e. The minimum Gasteiger partial charge on any atom is -0.378 e. The first-order valence-electron chi connectivity index (χ1n) is 6.70. The molecule has 1 aliphatic rings. The lowest BCUT2D eigenvalue weighted by Gasteiger charge is -2.51. The molecule has 118 valence electrons. The van der Waals surface area contributed by atoms with E-state index in [0.29, 0.717) is 13.0 Å². The van der Waals surface area contributed by atoms with E-state index >= 15 is 0 Å². The molecule has 0 bridgehead atoms. The maximum Gasteiger partial charge on any atom is 0.266 e. The third-order valence-corrected chi connectivity index (χ3v) is 5.72. The average molecular weight is 335 g/mol. The van der Waals surface area contributed by atoms with Crippen LogP contribution in [0.1, 0.15) is 27.2 Å². The summed E-state index contributed by atoms with van der Waals surface area (Å²) in [7, 11) is -3.73. The van der Waals surface area contributed by atoms with Crippen LogP contribution in [0.15, 0.2) is 22.0 Å². The topological polar surface area (TPSA) is 88.3 Å². The second-order valence-corrected chi connectivity index (χ2v) is 7.81. The second-order valence-electron chi connectivity index (χ2n) is 5.69. The number of ether oxygens (including phenoxy) is 1. The van der Waals surface area contributed by atoms with Gasteiger partial charge < -0.3 is 9.72 Å². The van der Waals surface area contributed by atoms with E-state index in [1.807, 2.05) is 20.8 Å². The lowest BCUT2D eigenvalue weighted by Crippen LogP contribution is -2.61. The molecule has 6 nitrogen and oxygen atoms in total. The molecular weight excluding hydrogens is 316 g/mol. The number of aromatic nitrogens is 1. The standard InChI is InChI=1S/C13H19ClN2O4S/c1-4-20-11-6-10(13(11,2)3)16-21(18,19)8-5-9(14)12(17)15-7-8/h5,7,10-11,16H,4,6H2,1-3H3,(H,15,17). The van der Waals surface area contributed by atoms with Crippen LogP contribution >= 0.6 is 11.6 Å². The van der Waals surface area contributed by atoms with Crippen molar-refractivity contribution in [2.45, 2.75) is 44.2 Å². The zero-order valence-electron chi connectivity index (χ0n) is 12.1. The Morgan fingerprint density at radius 3 is 2.71 bits per heavy atom. The molecule has 0 aromatic carbocycles. The van der Waals surface area contributed by atoms with Crippen LogP contribution in [-0.4, -0.2) is 32.2 Å². The normalized spacial score (nSPS) is 24.6. The number of hydrogen-bond donors (Lipinski definition) is 2. The lowest BCUT2D eigenvalue weighted by molar-refractivity contribution is -0.108. The van der Waals surface area contributed by atoms with Gasteiger partial charge in [-0.1, -0.05) is 25.4 Å². The first-order chi connectivity index (χ1) is 9.68. The molecule has 2 atom stereocenters. The van der Waals surface area contributed by atoms with Gasteiger partial charge in [-0.25, -0.2) is 13.1 Å². The number of sulfonamides is 1. The SMILES string of the molecule is CCOC1CC(NS(=O)(=O)c2c[nH]c(=O)c(Cl)c2)C1(C)C. The maximum absolute atomic E-state index is 12.3. The monoisotopic (exact) mass is 334 g/mol. The van der Waals surface area contributed by atoms with Crippen molar-refractivity contribution in [2.75, 3.05) is 6.61 Å². The van der Waals surface area contributed by atoms with Gasteiger partial charge in [-0.3, -0.25) is 4.79 Å². The molecule has 1 saturated carbocycles. The Hall–Kier alpha value is -0.890. The molecule has 8 heteroatoms. The van der Waals surface area contributed by atoms with Crippen LogP contribution in [0, 0.1) is 5.41 Å². The van der Waals surface area contributed by atoms with E-state index in [9.17, 15) is 13.2 Å². The van der Waals surface area contributed by atoms with Crippen LogP contribution in [0.4, 0.5) is 0 Å². The molecule has 0 amide bonds. The first kappa shape index (κ1) is 16.5. The van der Waals surface area contributed by atoms with Gasteiger partial charge in [0.2, 0.25) is 10.0 Å². The van der Waals surface area contributed by atoms with Crippen molar-refractivity contribution in [2.24, 2.45) is 5.41 Å². The Balaban J connectivity index is 2.16. The van der Waals surface area contributed by atoms with E-state index in [1.54, 1.807) is 0 Å². The van der Waals surface area contributed by atoms with Crippen molar-refractivity contribution in [1.29, 1.82) is 0 Å². The van der Waals surface area contributed by atoms with Gasteiger partial charge >= 0.3 is 0 Å². The van der Waals surface area contributed by atoms with Crippen molar-refractivity contribution in [3.8, 4) is 0 Å². The Morgan fingerprint density at radius 1 is 1.52 bits per heavy atom. The molecule has 1 aromatic heterocycles. The number of H-pyrrole nitrogens is 1. The fourth-order valence-electron chi connectivity index (χ4n) is 2.42. The molecule has 0 spiro atoms. The van der Waals surface area contributed by atoms with Gasteiger partial charge in [-0.05, 0) is 19.4 Å². The quantitative estimate of drug-likeness (QED) is 0.854. The molecular formula is C13H19ClN2O4S. The molecule has 1 heterocycles. The number of pyridine rings is 1. The molecule has 0 aliphatic heterocycles. The number of aromatic amines is 1. The summed E-state index contributed by atoms with van der Waals surface area (Å²) in [5.41, 5.74) is -0.800. The highest BCUT2D eigenvalue weighted by molar-refractivity contribution is 7.89. The largest absolute Gasteiger partial charge is 0.378 e. The fourth-order valence-corrected chi connectivity index (χ4v) is 4.05. The molecule has 0 radical (unpaired) electrons. The van der Waals surface area contributed by atoms with E-state index in [4.69, 9.17) is 16.3 Å². The van der Waals surface area contributed by atoms with Crippen LogP contribution in [0.2, 0.25) is 5.02 Å². The lowest BCUT2D eigenvalue weighted by atomic mass is 9.65. The molecule has 1 aromatic rings. The third kappa shape index (κ3) is 3.15. The Morgan fingerprint density at radius 2 is 2.19 bits per heavy atom. The van der Waals surface area contributed by atoms with Crippen LogP contribution in [0.5, 0.6) is 0 Å². The summed E-state index contributed by atoms with van der Waals surface area (Å²) in [6.07, 6.45) is 1.80. The summed E-state index contributed by atoms with van der Waals surface area (Å²) >= 11 is 5.67. The summed E-state index contributed by atoms with van der Waals surface area (Å²) in [5, 5.41) is -0.155. The van der Waals surface area contributed by atoms with Gasteiger partial charge in [0.05, 0.1) is 11.0 Å². The van der Waals surface area contributed by atoms with E-state index < -0.39 is 15.6 Å². The summed E-state index contributed by atoms with van der Waals surface area (Å²) in [5.74, 6) is 0. The van der Waals surface area contributed by atoms with Gasteiger partial charge in [0, 0.05) is 24.3 Å². The fraction of sp³-hybridized carbons (Fsp3) is 0.615. The minimum atomic E-state index is -3.73. The molecule has 1 fully saturated rings. The van der Waals surface area contributed by atoms with Crippen molar-refractivity contribution in [3.63, 3.8) is 0 Å². The molecule has 2 unspecified atom stereocenters. The predicted octanol–water partition coefficient (Wildman–Crippen LogP) is 1.51. The number of nitrogens with one attached hydrogen (secondary N) is 2. The Labute approximate surface area is 128 Å². The van der Waals surface area contributed by atoms with E-state index in [0.717, 1.165) is 12.3 Å². The van der Waals surface area contributed by atoms with Gasteiger partial charge in [0.25, 0.3) is 5.56 Å². The van der Waals surface area contributed by atoms with Crippen molar-refractivity contribution < 1.29 is 13.2 Å². The summed E-state index contributed by atoms with van der Waals surface area (Å²) in [6.45, 7) is 6.44. The molecule has 2 N–H and O–H groups in total. The Bertz CT molecular complexity index is 684. The summed E-state index contributed by atoms with van der Waals surface area (Å²) < 4.78 is 32.9. The summed E-state index contributed by atoms with van der Waals surface area (Å²) in [6, 6.07) is 0.929. The number of hydrogen-bond acceptors (Lipinski definition) is 4. The van der Waals surface area contributed by atoms with Gasteiger partial charge in [0.1, 0.15) is 5.02 Å². The second kappa shape index (κ2) is 5.72. The first-order valence-corrected chi connectivity index (χ1v) is 8.56.